The molecular weight excluding hydrogens is 386 g/mol. The van der Waals surface area contributed by atoms with Crippen LogP contribution >= 0.6 is 0 Å². The lowest BCUT2D eigenvalue weighted by atomic mass is 10.00. The molecule has 0 atom stereocenters. The first-order valence-electron chi connectivity index (χ1n) is 10.3. The van der Waals surface area contributed by atoms with E-state index in [0.717, 1.165) is 57.7 Å². The molecule has 4 aromatic rings. The number of H-pyrrole nitrogens is 1. The van der Waals surface area contributed by atoms with Crippen molar-refractivity contribution in [2.24, 2.45) is 0 Å². The Balaban J connectivity index is 1.72. The highest BCUT2D eigenvalue weighted by Gasteiger charge is 2.13. The van der Waals surface area contributed by atoms with Crippen molar-refractivity contribution in [2.45, 2.75) is 0 Å². The summed E-state index contributed by atoms with van der Waals surface area (Å²) >= 11 is 0. The van der Waals surface area contributed by atoms with Crippen LogP contribution in [0, 0.1) is 5.41 Å². The smallest absolute Gasteiger partial charge is 0.137 e. The summed E-state index contributed by atoms with van der Waals surface area (Å²) in [7, 11) is 5.55. The number of methoxy groups -OCH3 is 1. The van der Waals surface area contributed by atoms with Gasteiger partial charge in [0.05, 0.1) is 7.11 Å². The Labute approximate surface area is 182 Å². The van der Waals surface area contributed by atoms with Crippen LogP contribution in [0.2, 0.25) is 0 Å². The number of rotatable bonds is 7. The average molecular weight is 414 g/mol. The van der Waals surface area contributed by atoms with Crippen LogP contribution in [0.3, 0.4) is 0 Å². The maximum atomic E-state index is 8.53. The minimum atomic E-state index is 0.502. The van der Waals surface area contributed by atoms with Gasteiger partial charge in [0.1, 0.15) is 17.2 Å². The van der Waals surface area contributed by atoms with E-state index in [9.17, 15) is 0 Å². The maximum absolute atomic E-state index is 8.53. The van der Waals surface area contributed by atoms with Gasteiger partial charge >= 0.3 is 0 Å². The van der Waals surface area contributed by atoms with Gasteiger partial charge in [-0.2, -0.15) is 0 Å². The molecule has 6 nitrogen and oxygen atoms in total. The number of para-hydroxylation sites is 1. The van der Waals surface area contributed by atoms with E-state index >= 15 is 0 Å². The summed E-state index contributed by atoms with van der Waals surface area (Å²) in [6.45, 7) is 1.61. The summed E-state index contributed by atoms with van der Waals surface area (Å²) in [5.74, 6) is 1.33. The zero-order valence-corrected chi connectivity index (χ0v) is 18.1. The summed E-state index contributed by atoms with van der Waals surface area (Å²) in [5.41, 5.74) is 5.84. The highest BCUT2D eigenvalue weighted by molar-refractivity contribution is 5.99. The number of hydrogen-bond acceptors (Lipinski definition) is 4. The first-order valence-corrected chi connectivity index (χ1v) is 10.3. The number of ether oxygens (including phenoxy) is 1. The zero-order chi connectivity index (χ0) is 21.8. The zero-order valence-electron chi connectivity index (χ0n) is 18.1. The van der Waals surface area contributed by atoms with Crippen LogP contribution in [0.25, 0.3) is 33.3 Å². The number of nitrogens with zero attached hydrogens (tertiary/aromatic N) is 2. The fourth-order valence-electron chi connectivity index (χ4n) is 3.71. The van der Waals surface area contributed by atoms with Gasteiger partial charge in [0.15, 0.2) is 0 Å². The molecule has 158 valence electrons. The van der Waals surface area contributed by atoms with E-state index in [1.165, 1.54) is 0 Å². The van der Waals surface area contributed by atoms with Crippen LogP contribution in [-0.4, -0.2) is 55.0 Å². The number of fused-ring (bicyclic) bond motifs is 1. The van der Waals surface area contributed by atoms with Crippen LogP contribution in [-0.2, 0) is 0 Å². The van der Waals surface area contributed by atoms with Crippen molar-refractivity contribution in [3.05, 3.63) is 72.6 Å². The number of aromatic nitrogens is 2. The van der Waals surface area contributed by atoms with Gasteiger partial charge in [0.25, 0.3) is 0 Å². The molecule has 31 heavy (non-hydrogen) atoms. The lowest BCUT2D eigenvalue weighted by Crippen LogP contribution is -2.32. The number of nitrogens with one attached hydrogen (secondary N) is 3. The van der Waals surface area contributed by atoms with Gasteiger partial charge in [-0.1, -0.05) is 36.4 Å². The molecule has 0 saturated carbocycles. The topological polar surface area (TPSA) is 77.0 Å². The lowest BCUT2D eigenvalue weighted by molar-refractivity contribution is 0.416. The average Bonchev–Trinajstić information content (AvgIpc) is 3.25. The van der Waals surface area contributed by atoms with Crippen molar-refractivity contribution in [1.82, 2.24) is 20.2 Å². The summed E-state index contributed by atoms with van der Waals surface area (Å²) in [6, 6.07) is 18.2. The number of pyridine rings is 1. The monoisotopic (exact) mass is 413 g/mol. The SMILES string of the molecule is CNCCN(C)C(=N)c1cccc(-c2cnc3[nH]cc(-c4ccccc4OC)c3c2)c1. The van der Waals surface area contributed by atoms with Crippen molar-refractivity contribution < 1.29 is 4.74 Å². The molecule has 3 N–H and O–H groups in total. The fourth-order valence-corrected chi connectivity index (χ4v) is 3.71. The van der Waals surface area contributed by atoms with Crippen LogP contribution in [0.4, 0.5) is 0 Å². The van der Waals surface area contributed by atoms with Gasteiger partial charge in [0.2, 0.25) is 0 Å². The normalized spacial score (nSPS) is 10.9. The Morgan fingerprint density at radius 3 is 2.74 bits per heavy atom. The van der Waals surface area contributed by atoms with E-state index in [-0.39, 0.29) is 0 Å². The van der Waals surface area contributed by atoms with Crippen LogP contribution in [0.15, 0.2) is 67.0 Å². The fraction of sp³-hybridized carbons (Fsp3) is 0.200. The maximum Gasteiger partial charge on any atom is 0.137 e. The van der Waals surface area contributed by atoms with Gasteiger partial charge in [0, 0.05) is 60.2 Å². The van der Waals surface area contributed by atoms with Crippen molar-refractivity contribution in [2.75, 3.05) is 34.3 Å². The van der Waals surface area contributed by atoms with Gasteiger partial charge < -0.3 is 19.9 Å². The van der Waals surface area contributed by atoms with Gasteiger partial charge in [-0.3, -0.25) is 5.41 Å². The number of amidine groups is 1. The van der Waals surface area contributed by atoms with Crippen LogP contribution in [0.1, 0.15) is 5.56 Å². The summed E-state index contributed by atoms with van der Waals surface area (Å²) < 4.78 is 5.56. The molecule has 2 aromatic heterocycles. The Kier molecular flexibility index (Phi) is 6.00. The standard InChI is InChI=1S/C25H27N5O/c1-27-11-12-30(2)24(26)18-8-6-7-17(13-18)19-14-21-22(16-29-25(21)28-15-19)20-9-4-5-10-23(20)31-3/h4-10,13-16,26-27H,11-12H2,1-3H3,(H,28,29). The number of hydrogen-bond donors (Lipinski definition) is 3. The van der Waals surface area contributed by atoms with E-state index in [1.54, 1.807) is 7.11 Å². The molecule has 0 amide bonds. The molecule has 0 bridgehead atoms. The molecular formula is C25H27N5O. The Morgan fingerprint density at radius 2 is 1.94 bits per heavy atom. The molecule has 0 saturated heterocycles. The first kappa shape index (κ1) is 20.6. The van der Waals surface area contributed by atoms with E-state index in [1.807, 2.05) is 61.7 Å². The van der Waals surface area contributed by atoms with Crippen molar-refractivity contribution in [3.63, 3.8) is 0 Å². The Morgan fingerprint density at radius 1 is 1.10 bits per heavy atom. The number of aromatic amines is 1. The predicted octanol–water partition coefficient (Wildman–Crippen LogP) is 4.38. The largest absolute Gasteiger partial charge is 0.496 e. The highest BCUT2D eigenvalue weighted by atomic mass is 16.5. The second kappa shape index (κ2) is 9.02. The first-order chi connectivity index (χ1) is 15.1. The van der Waals surface area contributed by atoms with Crippen molar-refractivity contribution in [1.29, 1.82) is 5.41 Å². The second-order valence-electron chi connectivity index (χ2n) is 7.48. The quantitative estimate of drug-likeness (QED) is 0.310. The third-order valence-electron chi connectivity index (χ3n) is 5.48. The van der Waals surface area contributed by atoms with Crippen LogP contribution < -0.4 is 10.1 Å². The van der Waals surface area contributed by atoms with Gasteiger partial charge in [-0.25, -0.2) is 4.98 Å². The molecule has 0 fully saturated rings. The molecule has 2 heterocycles. The second-order valence-corrected chi connectivity index (χ2v) is 7.48. The van der Waals surface area contributed by atoms with Crippen molar-refractivity contribution >= 4 is 16.9 Å². The molecule has 0 aliphatic rings. The molecule has 4 rings (SSSR count). The van der Waals surface area contributed by atoms with E-state index in [4.69, 9.17) is 10.1 Å². The molecule has 6 heteroatoms. The van der Waals surface area contributed by atoms with Gasteiger partial charge in [-0.05, 0) is 30.8 Å². The molecule has 0 spiro atoms. The lowest BCUT2D eigenvalue weighted by Gasteiger charge is -2.20. The van der Waals surface area contributed by atoms with Crippen LogP contribution in [0.5, 0.6) is 5.75 Å². The summed E-state index contributed by atoms with van der Waals surface area (Å²) in [6.07, 6.45) is 3.85. The van der Waals surface area contributed by atoms with Gasteiger partial charge in [-0.15, -0.1) is 0 Å². The number of benzene rings is 2. The van der Waals surface area contributed by atoms with E-state index in [0.29, 0.717) is 5.84 Å². The minimum Gasteiger partial charge on any atom is -0.496 e. The molecule has 2 aromatic carbocycles. The highest BCUT2D eigenvalue weighted by Crippen LogP contribution is 2.36. The third-order valence-corrected chi connectivity index (χ3v) is 5.48. The molecule has 0 unspecified atom stereocenters. The Hall–Kier alpha value is -3.64. The summed E-state index contributed by atoms with van der Waals surface area (Å²) in [4.78, 5) is 9.86. The number of likely N-dealkylation sites (N-methyl/N-ethyl adjacent to an activating group) is 2. The third kappa shape index (κ3) is 4.15. The van der Waals surface area contributed by atoms with Crippen molar-refractivity contribution in [3.8, 4) is 28.0 Å². The molecule has 0 aliphatic heterocycles. The minimum absolute atomic E-state index is 0.502. The predicted molar refractivity (Wildman–Crippen MR) is 127 cm³/mol. The molecule has 0 aliphatic carbocycles. The van der Waals surface area contributed by atoms with E-state index < -0.39 is 0 Å². The van der Waals surface area contributed by atoms with E-state index in [2.05, 4.69) is 39.6 Å². The Bertz CT molecular complexity index is 1210. The summed E-state index contributed by atoms with van der Waals surface area (Å²) in [5, 5.41) is 12.7. The molecule has 0 radical (unpaired) electrons.